The van der Waals surface area contributed by atoms with Crippen molar-refractivity contribution >= 4 is 23.4 Å². The lowest BCUT2D eigenvalue weighted by Crippen LogP contribution is -2.36. The zero-order valence-corrected chi connectivity index (χ0v) is 13.0. The number of hydrazine groups is 1. The molecule has 0 unspecified atom stereocenters. The Kier molecular flexibility index (Phi) is 5.43. The van der Waals surface area contributed by atoms with Crippen LogP contribution in [0.5, 0.6) is 0 Å². The molecular formula is C14H24ClN5. The van der Waals surface area contributed by atoms with E-state index in [1.807, 2.05) is 0 Å². The standard InChI is InChI=1S/C14H24ClN5/c1-10(2)7-8-20(11-5-3-4-6-11)13-12(15)9-17-14(18-13)19-16/h9-11H,3-8,16H2,1-2H3,(H,17,18,19). The molecule has 6 heteroatoms. The molecule has 0 amide bonds. The van der Waals surface area contributed by atoms with E-state index in [1.54, 1.807) is 6.20 Å². The molecule has 1 aliphatic rings. The zero-order valence-electron chi connectivity index (χ0n) is 12.3. The van der Waals surface area contributed by atoms with Crippen molar-refractivity contribution in [2.75, 3.05) is 16.9 Å². The van der Waals surface area contributed by atoms with Gasteiger partial charge >= 0.3 is 0 Å². The van der Waals surface area contributed by atoms with Gasteiger partial charge in [0.25, 0.3) is 0 Å². The number of rotatable bonds is 6. The molecule has 5 nitrogen and oxygen atoms in total. The first-order valence-electron chi connectivity index (χ1n) is 7.37. The van der Waals surface area contributed by atoms with E-state index in [1.165, 1.54) is 25.7 Å². The van der Waals surface area contributed by atoms with Crippen LogP contribution in [0.25, 0.3) is 0 Å². The summed E-state index contributed by atoms with van der Waals surface area (Å²) in [6.45, 7) is 5.45. The summed E-state index contributed by atoms with van der Waals surface area (Å²) in [4.78, 5) is 10.9. The molecule has 1 heterocycles. The fourth-order valence-corrected chi connectivity index (χ4v) is 2.90. The van der Waals surface area contributed by atoms with Gasteiger partial charge in [-0.2, -0.15) is 4.98 Å². The molecule has 112 valence electrons. The summed E-state index contributed by atoms with van der Waals surface area (Å²) >= 11 is 6.31. The molecule has 0 aromatic carbocycles. The van der Waals surface area contributed by atoms with Gasteiger partial charge in [0, 0.05) is 12.6 Å². The number of halogens is 1. The van der Waals surface area contributed by atoms with Crippen molar-refractivity contribution in [3.05, 3.63) is 11.2 Å². The summed E-state index contributed by atoms with van der Waals surface area (Å²) in [5.41, 5.74) is 2.50. The molecule has 1 aromatic rings. The maximum Gasteiger partial charge on any atom is 0.239 e. The van der Waals surface area contributed by atoms with Crippen LogP contribution in [0, 0.1) is 5.92 Å². The van der Waals surface area contributed by atoms with Crippen LogP contribution in [0.3, 0.4) is 0 Å². The minimum Gasteiger partial charge on any atom is -0.352 e. The molecule has 0 aliphatic heterocycles. The highest BCUT2D eigenvalue weighted by atomic mass is 35.5. The first-order chi connectivity index (χ1) is 9.61. The number of hydrogen-bond donors (Lipinski definition) is 2. The van der Waals surface area contributed by atoms with Crippen LogP contribution < -0.4 is 16.2 Å². The van der Waals surface area contributed by atoms with E-state index < -0.39 is 0 Å². The average molecular weight is 298 g/mol. The van der Waals surface area contributed by atoms with E-state index >= 15 is 0 Å². The second-order valence-corrected chi connectivity index (χ2v) is 6.23. The Bertz CT molecular complexity index is 432. The molecule has 0 spiro atoms. The maximum absolute atomic E-state index is 6.31. The highest BCUT2D eigenvalue weighted by Gasteiger charge is 2.25. The van der Waals surface area contributed by atoms with Gasteiger partial charge in [0.1, 0.15) is 5.02 Å². The van der Waals surface area contributed by atoms with Gasteiger partial charge in [-0.05, 0) is 25.2 Å². The minimum absolute atomic E-state index is 0.414. The Hall–Kier alpha value is -1.07. The van der Waals surface area contributed by atoms with E-state index in [0.29, 0.717) is 22.9 Å². The van der Waals surface area contributed by atoms with Crippen molar-refractivity contribution in [2.45, 2.75) is 52.0 Å². The average Bonchev–Trinajstić information content (AvgIpc) is 2.94. The first kappa shape index (κ1) is 15.3. The lowest BCUT2D eigenvalue weighted by molar-refractivity contribution is 0.525. The van der Waals surface area contributed by atoms with Crippen LogP contribution in [0.15, 0.2) is 6.20 Å². The smallest absolute Gasteiger partial charge is 0.239 e. The van der Waals surface area contributed by atoms with Crippen molar-refractivity contribution in [1.82, 2.24) is 9.97 Å². The summed E-state index contributed by atoms with van der Waals surface area (Å²) in [5.74, 6) is 7.29. The summed E-state index contributed by atoms with van der Waals surface area (Å²) < 4.78 is 0. The maximum atomic E-state index is 6.31. The van der Waals surface area contributed by atoms with Gasteiger partial charge in [-0.15, -0.1) is 0 Å². The third-order valence-electron chi connectivity index (χ3n) is 3.84. The van der Waals surface area contributed by atoms with Crippen molar-refractivity contribution in [2.24, 2.45) is 11.8 Å². The van der Waals surface area contributed by atoms with Crippen LogP contribution in [-0.4, -0.2) is 22.6 Å². The van der Waals surface area contributed by atoms with E-state index in [9.17, 15) is 0 Å². The predicted molar refractivity (Wildman–Crippen MR) is 83.9 cm³/mol. The van der Waals surface area contributed by atoms with Gasteiger partial charge in [0.2, 0.25) is 5.95 Å². The van der Waals surface area contributed by atoms with Crippen molar-refractivity contribution in [3.8, 4) is 0 Å². The molecule has 2 rings (SSSR count). The van der Waals surface area contributed by atoms with Crippen molar-refractivity contribution in [3.63, 3.8) is 0 Å². The second kappa shape index (κ2) is 7.09. The summed E-state index contributed by atoms with van der Waals surface area (Å²) in [5, 5.41) is 0.597. The van der Waals surface area contributed by atoms with Crippen molar-refractivity contribution < 1.29 is 0 Å². The molecular weight excluding hydrogens is 274 g/mol. The number of nitrogens with one attached hydrogen (secondary N) is 1. The summed E-state index contributed by atoms with van der Waals surface area (Å²) in [6.07, 6.45) is 7.74. The Balaban J connectivity index is 2.24. The Morgan fingerprint density at radius 2 is 2.15 bits per heavy atom. The van der Waals surface area contributed by atoms with Crippen LogP contribution in [0.2, 0.25) is 5.02 Å². The highest BCUT2D eigenvalue weighted by molar-refractivity contribution is 6.32. The number of aromatic nitrogens is 2. The number of nitrogens with zero attached hydrogens (tertiary/aromatic N) is 3. The Morgan fingerprint density at radius 3 is 2.75 bits per heavy atom. The Labute approximate surface area is 125 Å². The van der Waals surface area contributed by atoms with Crippen LogP contribution in [-0.2, 0) is 0 Å². The third kappa shape index (κ3) is 3.73. The normalized spacial score (nSPS) is 15.8. The number of anilines is 2. The lowest BCUT2D eigenvalue weighted by atomic mass is 10.1. The van der Waals surface area contributed by atoms with Gasteiger partial charge < -0.3 is 4.90 Å². The Morgan fingerprint density at radius 1 is 1.45 bits per heavy atom. The van der Waals surface area contributed by atoms with Gasteiger partial charge in [-0.25, -0.2) is 10.8 Å². The third-order valence-corrected chi connectivity index (χ3v) is 4.11. The molecule has 3 N–H and O–H groups in total. The van der Waals surface area contributed by atoms with Crippen LogP contribution >= 0.6 is 11.6 Å². The number of nitrogens with two attached hydrogens (primary N) is 1. The molecule has 20 heavy (non-hydrogen) atoms. The van der Waals surface area contributed by atoms with Crippen molar-refractivity contribution in [1.29, 1.82) is 0 Å². The molecule has 1 aromatic heterocycles. The highest BCUT2D eigenvalue weighted by Crippen LogP contribution is 2.32. The molecule has 1 fully saturated rings. The van der Waals surface area contributed by atoms with Gasteiger partial charge in [-0.3, -0.25) is 5.43 Å². The molecule has 1 aliphatic carbocycles. The molecule has 0 radical (unpaired) electrons. The zero-order chi connectivity index (χ0) is 14.5. The van der Waals surface area contributed by atoms with E-state index in [-0.39, 0.29) is 0 Å². The van der Waals surface area contributed by atoms with E-state index in [0.717, 1.165) is 18.8 Å². The second-order valence-electron chi connectivity index (χ2n) is 5.82. The number of hydrogen-bond acceptors (Lipinski definition) is 5. The minimum atomic E-state index is 0.414. The largest absolute Gasteiger partial charge is 0.352 e. The fraction of sp³-hybridized carbons (Fsp3) is 0.714. The fourth-order valence-electron chi connectivity index (χ4n) is 2.70. The summed E-state index contributed by atoms with van der Waals surface area (Å²) in [7, 11) is 0. The van der Waals surface area contributed by atoms with Crippen LogP contribution in [0.4, 0.5) is 11.8 Å². The SMILES string of the molecule is CC(C)CCN(c1nc(NN)ncc1Cl)C1CCCC1. The predicted octanol–water partition coefficient (Wildman–Crippen LogP) is 3.21. The van der Waals surface area contributed by atoms with Gasteiger partial charge in [-0.1, -0.05) is 38.3 Å². The first-order valence-corrected chi connectivity index (χ1v) is 7.75. The van der Waals surface area contributed by atoms with Crippen LogP contribution in [0.1, 0.15) is 46.0 Å². The van der Waals surface area contributed by atoms with E-state index in [2.05, 4.69) is 34.1 Å². The molecule has 0 saturated heterocycles. The van der Waals surface area contributed by atoms with Gasteiger partial charge in [0.05, 0.1) is 6.20 Å². The van der Waals surface area contributed by atoms with Gasteiger partial charge in [0.15, 0.2) is 5.82 Å². The summed E-state index contributed by atoms with van der Waals surface area (Å²) in [6, 6.07) is 0.534. The number of nitrogen functional groups attached to an aromatic ring is 1. The molecule has 1 saturated carbocycles. The molecule has 0 bridgehead atoms. The topological polar surface area (TPSA) is 67.1 Å². The quantitative estimate of drug-likeness (QED) is 0.623. The monoisotopic (exact) mass is 297 g/mol. The lowest BCUT2D eigenvalue weighted by Gasteiger charge is -2.31. The van der Waals surface area contributed by atoms with E-state index in [4.69, 9.17) is 17.4 Å². The molecule has 0 atom stereocenters.